The van der Waals surface area contributed by atoms with E-state index in [1.54, 1.807) is 0 Å². The van der Waals surface area contributed by atoms with Crippen molar-refractivity contribution in [2.75, 3.05) is 38.5 Å². The summed E-state index contributed by atoms with van der Waals surface area (Å²) in [4.78, 5) is 14.6. The third-order valence-electron chi connectivity index (χ3n) is 8.06. The lowest BCUT2D eigenvalue weighted by Gasteiger charge is -2.32. The molecule has 1 saturated heterocycles. The Morgan fingerprint density at radius 2 is 1.78 bits per heavy atom. The summed E-state index contributed by atoms with van der Waals surface area (Å²) >= 11 is 0. The van der Waals surface area contributed by atoms with Crippen molar-refractivity contribution in [3.05, 3.63) is 36.0 Å². The van der Waals surface area contributed by atoms with Crippen LogP contribution in [0.5, 0.6) is 0 Å². The predicted molar refractivity (Wildman–Crippen MR) is 150 cm³/mol. The topological polar surface area (TPSA) is 82.3 Å². The fourth-order valence-corrected chi connectivity index (χ4v) is 5.60. The van der Waals surface area contributed by atoms with Crippen LogP contribution in [0, 0.1) is 0 Å². The second-order valence-electron chi connectivity index (χ2n) is 11.2. The molecule has 2 aromatic heterocycles. The van der Waals surface area contributed by atoms with E-state index in [0.717, 1.165) is 87.1 Å². The lowest BCUT2D eigenvalue weighted by molar-refractivity contribution is 0.109. The van der Waals surface area contributed by atoms with Gasteiger partial charge in [0.25, 0.3) is 0 Å². The van der Waals surface area contributed by atoms with Gasteiger partial charge in [0.1, 0.15) is 5.69 Å². The first-order valence-electron chi connectivity index (χ1n) is 14.2. The fraction of sp³-hybridized carbons (Fsp3) is 0.621. The molecule has 1 saturated carbocycles. The fourth-order valence-electron chi connectivity index (χ4n) is 5.60. The first-order chi connectivity index (χ1) is 18.0. The Hall–Kier alpha value is -2.55. The highest BCUT2D eigenvalue weighted by Crippen LogP contribution is 2.34. The van der Waals surface area contributed by atoms with Gasteiger partial charge < -0.3 is 15.3 Å². The molecule has 37 heavy (non-hydrogen) atoms. The lowest BCUT2D eigenvalue weighted by atomic mass is 9.93. The van der Waals surface area contributed by atoms with Crippen LogP contribution in [0.4, 0.5) is 5.95 Å². The summed E-state index contributed by atoms with van der Waals surface area (Å²) in [6.45, 7) is 9.90. The van der Waals surface area contributed by atoms with E-state index >= 15 is 0 Å². The average Bonchev–Trinajstić information content (AvgIpc) is 3.28. The molecule has 1 atom stereocenters. The van der Waals surface area contributed by atoms with Crippen molar-refractivity contribution >= 4 is 17.0 Å². The molecule has 1 aliphatic heterocycles. The summed E-state index contributed by atoms with van der Waals surface area (Å²) < 4.78 is 2.11. The maximum atomic E-state index is 10.1. The predicted octanol–water partition coefficient (Wildman–Crippen LogP) is 4.71. The highest BCUT2D eigenvalue weighted by molar-refractivity contribution is 5.91. The number of likely N-dealkylation sites (N-methyl/N-ethyl adjacent to an activating group) is 1. The molecule has 3 aromatic rings. The van der Waals surface area contributed by atoms with E-state index in [9.17, 15) is 5.11 Å². The normalized spacial score (nSPS) is 22.4. The van der Waals surface area contributed by atoms with Gasteiger partial charge in [0, 0.05) is 50.5 Å². The highest BCUT2D eigenvalue weighted by Gasteiger charge is 2.26. The summed E-state index contributed by atoms with van der Waals surface area (Å²) in [6.07, 6.45) is 8.67. The minimum Gasteiger partial charge on any atom is -0.393 e. The van der Waals surface area contributed by atoms with Crippen LogP contribution >= 0.6 is 0 Å². The van der Waals surface area contributed by atoms with Gasteiger partial charge in [-0.1, -0.05) is 44.0 Å². The largest absolute Gasteiger partial charge is 0.393 e. The first kappa shape index (κ1) is 26.1. The molecule has 0 radical (unpaired) electrons. The maximum absolute atomic E-state index is 10.1. The van der Waals surface area contributed by atoms with Crippen molar-refractivity contribution < 1.29 is 5.11 Å². The molecule has 2 fully saturated rings. The van der Waals surface area contributed by atoms with Crippen molar-refractivity contribution in [2.45, 2.75) is 83.5 Å². The molecule has 0 amide bonds. The zero-order chi connectivity index (χ0) is 25.8. The van der Waals surface area contributed by atoms with Crippen LogP contribution in [-0.4, -0.2) is 80.0 Å². The van der Waals surface area contributed by atoms with E-state index in [-0.39, 0.29) is 12.1 Å². The molecule has 200 valence electrons. The molecule has 2 aliphatic rings. The lowest BCUT2D eigenvalue weighted by Crippen LogP contribution is -2.43. The van der Waals surface area contributed by atoms with Crippen LogP contribution < -0.4 is 5.32 Å². The van der Waals surface area contributed by atoms with Crippen molar-refractivity contribution in [3.63, 3.8) is 0 Å². The van der Waals surface area contributed by atoms with Crippen molar-refractivity contribution in [3.8, 4) is 11.3 Å². The third kappa shape index (κ3) is 6.30. The molecule has 3 heterocycles. The van der Waals surface area contributed by atoms with Crippen LogP contribution in [0.3, 0.4) is 0 Å². The molecule has 8 heteroatoms. The number of rotatable bonds is 9. The van der Waals surface area contributed by atoms with Gasteiger partial charge in [-0.05, 0) is 51.6 Å². The Morgan fingerprint density at radius 1 is 1.05 bits per heavy atom. The second-order valence-corrected chi connectivity index (χ2v) is 11.2. The van der Waals surface area contributed by atoms with Gasteiger partial charge in [0.2, 0.25) is 5.95 Å². The van der Waals surface area contributed by atoms with Gasteiger partial charge in [-0.15, -0.1) is 0 Å². The Balaban J connectivity index is 1.41. The van der Waals surface area contributed by atoms with Crippen LogP contribution in [0.15, 0.2) is 30.5 Å². The van der Waals surface area contributed by atoms with Crippen LogP contribution in [-0.2, 0) is 6.54 Å². The van der Waals surface area contributed by atoms with Crippen LogP contribution in [0.1, 0.15) is 70.4 Å². The van der Waals surface area contributed by atoms with Crippen LogP contribution in [0.25, 0.3) is 22.3 Å². The number of aliphatic hydroxyl groups is 1. The molecule has 5 rings (SSSR count). The molecule has 1 aromatic carbocycles. The minimum absolute atomic E-state index is 0.198. The Kier molecular flexibility index (Phi) is 8.37. The molecular formula is C29H43N7O. The van der Waals surface area contributed by atoms with Gasteiger partial charge in [0.15, 0.2) is 5.65 Å². The average molecular weight is 506 g/mol. The molecule has 1 aliphatic carbocycles. The monoisotopic (exact) mass is 505 g/mol. The summed E-state index contributed by atoms with van der Waals surface area (Å²) in [7, 11) is 2.20. The molecule has 0 unspecified atom stereocenters. The van der Waals surface area contributed by atoms with Gasteiger partial charge in [0.05, 0.1) is 17.5 Å². The number of unbranched alkanes of at least 4 members (excludes halogenated alkanes) is 1. The first-order valence-corrected chi connectivity index (χ1v) is 14.2. The van der Waals surface area contributed by atoms with Crippen molar-refractivity contribution in [1.82, 2.24) is 29.5 Å². The van der Waals surface area contributed by atoms with E-state index in [4.69, 9.17) is 10.1 Å². The molecule has 0 spiro atoms. The van der Waals surface area contributed by atoms with Gasteiger partial charge in [-0.2, -0.15) is 10.1 Å². The van der Waals surface area contributed by atoms with Crippen molar-refractivity contribution in [2.24, 2.45) is 0 Å². The second kappa shape index (κ2) is 11.9. The van der Waals surface area contributed by atoms with E-state index in [1.807, 2.05) is 6.20 Å². The number of hydrogen-bond acceptors (Lipinski definition) is 7. The maximum Gasteiger partial charge on any atom is 0.224 e. The summed E-state index contributed by atoms with van der Waals surface area (Å²) in [5.41, 5.74) is 4.26. The van der Waals surface area contributed by atoms with E-state index in [2.05, 4.69) is 69.9 Å². The number of fused-ring (bicyclic) bond motifs is 1. The highest BCUT2D eigenvalue weighted by atomic mass is 16.3. The summed E-state index contributed by atoms with van der Waals surface area (Å²) in [5.74, 6) is 0.669. The van der Waals surface area contributed by atoms with Gasteiger partial charge in [-0.25, -0.2) is 9.67 Å². The standard InChI is InChI=1S/C29H43N7O/c1-4-5-6-21(2)31-29-30-19-26-27(33-36(28(26)32-29)24-11-13-25(37)14-12-24)23-9-7-22(8-10-23)20-35-17-15-34(3)16-18-35/h7-10,19,21,24-25,37H,4-6,11-18,20H2,1-3H3,(H,30,31,32)/t21-,24?,25?/m0/s1. The smallest absolute Gasteiger partial charge is 0.224 e. The number of anilines is 1. The number of benzene rings is 1. The van der Waals surface area contributed by atoms with E-state index < -0.39 is 0 Å². The Labute approximate surface area is 221 Å². The quantitative estimate of drug-likeness (QED) is 0.436. The van der Waals surface area contributed by atoms with Gasteiger partial charge in [-0.3, -0.25) is 4.90 Å². The van der Waals surface area contributed by atoms with Gasteiger partial charge >= 0.3 is 0 Å². The number of nitrogens with zero attached hydrogens (tertiary/aromatic N) is 6. The zero-order valence-corrected chi connectivity index (χ0v) is 22.7. The summed E-state index contributed by atoms with van der Waals surface area (Å²) in [5, 5.41) is 19.7. The number of aliphatic hydroxyl groups excluding tert-OH is 1. The third-order valence-corrected chi connectivity index (χ3v) is 8.06. The van der Waals surface area contributed by atoms with Crippen molar-refractivity contribution in [1.29, 1.82) is 0 Å². The Bertz CT molecular complexity index is 1150. The number of nitrogens with one attached hydrogen (secondary N) is 1. The van der Waals surface area contributed by atoms with Crippen LogP contribution in [0.2, 0.25) is 0 Å². The number of hydrogen-bond donors (Lipinski definition) is 2. The molecule has 0 bridgehead atoms. The zero-order valence-electron chi connectivity index (χ0n) is 22.7. The van der Waals surface area contributed by atoms with E-state index in [0.29, 0.717) is 12.0 Å². The number of aromatic nitrogens is 4. The summed E-state index contributed by atoms with van der Waals surface area (Å²) in [6, 6.07) is 9.44. The minimum atomic E-state index is -0.198. The van der Waals surface area contributed by atoms with E-state index in [1.165, 1.54) is 18.4 Å². The molecule has 8 nitrogen and oxygen atoms in total. The molecule has 2 N–H and O–H groups in total. The Morgan fingerprint density at radius 3 is 2.49 bits per heavy atom. The number of piperazine rings is 1. The SMILES string of the molecule is CCCC[C@H](C)Nc1ncc2c(-c3ccc(CN4CCN(C)CC4)cc3)nn(C3CCC(O)CC3)c2n1. The molecular weight excluding hydrogens is 462 g/mol.